The van der Waals surface area contributed by atoms with E-state index >= 15 is 0 Å². The number of ether oxygens (including phenoxy) is 1. The molecule has 5 nitrogen and oxygen atoms in total. The number of carboxylic acid groups (broad SMARTS) is 1. The van der Waals surface area contributed by atoms with Gasteiger partial charge in [-0.15, -0.1) is 0 Å². The maximum Gasteiger partial charge on any atom is 0.305 e. The number of carbonyl (C=O) groups excluding carboxylic acids is 1. The molecular weight excluding hydrogens is 222 g/mol. The van der Waals surface area contributed by atoms with Crippen LogP contribution < -0.4 is 0 Å². The summed E-state index contributed by atoms with van der Waals surface area (Å²) in [5, 5.41) is 8.63. The van der Waals surface area contributed by atoms with Crippen LogP contribution in [-0.4, -0.2) is 48.2 Å². The Kier molecular flexibility index (Phi) is 8.40. The molecule has 0 unspecified atom stereocenters. The maximum atomic E-state index is 11.8. The van der Waals surface area contributed by atoms with E-state index in [2.05, 4.69) is 0 Å². The molecule has 0 rings (SSSR count). The van der Waals surface area contributed by atoms with Gasteiger partial charge >= 0.3 is 5.97 Å². The molecule has 0 bridgehead atoms. The Morgan fingerprint density at radius 3 is 2.41 bits per heavy atom. The average Bonchev–Trinajstić information content (AvgIpc) is 2.26. The van der Waals surface area contributed by atoms with Gasteiger partial charge in [0.25, 0.3) is 0 Å². The van der Waals surface area contributed by atoms with E-state index in [4.69, 9.17) is 9.84 Å². The van der Waals surface area contributed by atoms with E-state index in [-0.39, 0.29) is 24.8 Å². The van der Waals surface area contributed by atoms with Crippen LogP contribution in [0, 0.1) is 5.92 Å². The van der Waals surface area contributed by atoms with Crippen molar-refractivity contribution in [1.82, 2.24) is 4.90 Å². The van der Waals surface area contributed by atoms with Crippen molar-refractivity contribution < 1.29 is 19.4 Å². The van der Waals surface area contributed by atoms with Crippen molar-refractivity contribution in [2.24, 2.45) is 5.92 Å². The number of carbonyl (C=O) groups is 2. The Bertz CT molecular complexity index is 241. The van der Waals surface area contributed by atoms with Crippen molar-refractivity contribution in [2.75, 3.05) is 26.3 Å². The normalized spacial score (nSPS) is 10.6. The van der Waals surface area contributed by atoms with Crippen LogP contribution >= 0.6 is 0 Å². The summed E-state index contributed by atoms with van der Waals surface area (Å²) >= 11 is 0. The molecule has 0 atom stereocenters. The second-order valence-corrected chi connectivity index (χ2v) is 4.17. The summed E-state index contributed by atoms with van der Waals surface area (Å²) in [6.07, 6.45) is 0.735. The fraction of sp³-hybridized carbons (Fsp3) is 0.833. The quantitative estimate of drug-likeness (QED) is 0.623. The summed E-state index contributed by atoms with van der Waals surface area (Å²) in [5.41, 5.74) is 0. The van der Waals surface area contributed by atoms with E-state index < -0.39 is 5.97 Å². The highest BCUT2D eigenvalue weighted by Crippen LogP contribution is 2.04. The van der Waals surface area contributed by atoms with Gasteiger partial charge in [0.1, 0.15) is 0 Å². The molecule has 0 aliphatic rings. The van der Waals surface area contributed by atoms with E-state index in [0.717, 1.165) is 6.42 Å². The van der Waals surface area contributed by atoms with Gasteiger partial charge in [-0.25, -0.2) is 0 Å². The Morgan fingerprint density at radius 1 is 1.29 bits per heavy atom. The largest absolute Gasteiger partial charge is 0.481 e. The third-order valence-electron chi connectivity index (χ3n) is 2.32. The standard InChI is InChI=1S/C12H23NO4/c1-4-17-9-5-7-13(8-6-11(14)15)12(16)10(2)3/h10H,4-9H2,1-3H3,(H,14,15). The average molecular weight is 245 g/mol. The molecule has 0 radical (unpaired) electrons. The zero-order chi connectivity index (χ0) is 13.3. The van der Waals surface area contributed by atoms with Crippen molar-refractivity contribution in [3.05, 3.63) is 0 Å². The second kappa shape index (κ2) is 8.98. The van der Waals surface area contributed by atoms with Gasteiger partial charge in [0.2, 0.25) is 5.91 Å². The molecule has 0 aliphatic heterocycles. The molecule has 0 spiro atoms. The highest BCUT2D eigenvalue weighted by atomic mass is 16.5. The van der Waals surface area contributed by atoms with E-state index in [0.29, 0.717) is 19.8 Å². The highest BCUT2D eigenvalue weighted by molar-refractivity contribution is 5.78. The van der Waals surface area contributed by atoms with E-state index in [1.54, 1.807) is 4.90 Å². The molecule has 0 aromatic carbocycles. The lowest BCUT2D eigenvalue weighted by Crippen LogP contribution is -2.37. The third-order valence-corrected chi connectivity index (χ3v) is 2.32. The van der Waals surface area contributed by atoms with Crippen LogP contribution in [0.25, 0.3) is 0 Å². The Morgan fingerprint density at radius 2 is 1.94 bits per heavy atom. The van der Waals surface area contributed by atoms with Gasteiger partial charge in [0.05, 0.1) is 6.42 Å². The fourth-order valence-corrected chi connectivity index (χ4v) is 1.43. The van der Waals surface area contributed by atoms with Crippen molar-refractivity contribution in [2.45, 2.75) is 33.6 Å². The van der Waals surface area contributed by atoms with E-state index in [1.165, 1.54) is 0 Å². The molecule has 0 aromatic rings. The molecule has 5 heteroatoms. The topological polar surface area (TPSA) is 66.8 Å². The number of nitrogens with zero attached hydrogens (tertiary/aromatic N) is 1. The molecule has 17 heavy (non-hydrogen) atoms. The number of hydrogen-bond donors (Lipinski definition) is 1. The van der Waals surface area contributed by atoms with Gasteiger partial charge < -0.3 is 14.7 Å². The SMILES string of the molecule is CCOCCCN(CCC(=O)O)C(=O)C(C)C. The molecule has 0 saturated carbocycles. The summed E-state index contributed by atoms with van der Waals surface area (Å²) in [5.74, 6) is -0.977. The number of hydrogen-bond acceptors (Lipinski definition) is 3. The summed E-state index contributed by atoms with van der Waals surface area (Å²) in [7, 11) is 0. The fourth-order valence-electron chi connectivity index (χ4n) is 1.43. The number of amides is 1. The highest BCUT2D eigenvalue weighted by Gasteiger charge is 2.17. The summed E-state index contributed by atoms with van der Waals surface area (Å²) in [6.45, 7) is 7.65. The van der Waals surface area contributed by atoms with Crippen LogP contribution in [0.2, 0.25) is 0 Å². The number of rotatable bonds is 9. The summed E-state index contributed by atoms with van der Waals surface area (Å²) in [4.78, 5) is 23.9. The molecule has 1 amide bonds. The van der Waals surface area contributed by atoms with Crippen molar-refractivity contribution in [3.63, 3.8) is 0 Å². The molecule has 0 heterocycles. The zero-order valence-corrected chi connectivity index (χ0v) is 10.9. The minimum Gasteiger partial charge on any atom is -0.481 e. The van der Waals surface area contributed by atoms with Gasteiger partial charge in [-0.3, -0.25) is 9.59 Å². The maximum absolute atomic E-state index is 11.8. The van der Waals surface area contributed by atoms with Crippen molar-refractivity contribution in [1.29, 1.82) is 0 Å². The third kappa shape index (κ3) is 7.74. The first-order valence-electron chi connectivity index (χ1n) is 6.07. The Labute approximate surface area is 103 Å². The molecule has 0 saturated heterocycles. The lowest BCUT2D eigenvalue weighted by atomic mass is 10.2. The van der Waals surface area contributed by atoms with Gasteiger partial charge in [-0.1, -0.05) is 13.8 Å². The van der Waals surface area contributed by atoms with Gasteiger partial charge in [-0.05, 0) is 13.3 Å². The molecule has 0 aliphatic carbocycles. The van der Waals surface area contributed by atoms with Crippen LogP contribution in [-0.2, 0) is 14.3 Å². The molecule has 100 valence electrons. The predicted octanol–water partition coefficient (Wildman–Crippen LogP) is 1.37. The predicted molar refractivity (Wildman–Crippen MR) is 64.8 cm³/mol. The second-order valence-electron chi connectivity index (χ2n) is 4.17. The number of aliphatic carboxylic acids is 1. The summed E-state index contributed by atoms with van der Waals surface area (Å²) in [6, 6.07) is 0. The minimum atomic E-state index is -0.878. The van der Waals surface area contributed by atoms with Crippen LogP contribution in [0.3, 0.4) is 0 Å². The first kappa shape index (κ1) is 15.9. The monoisotopic (exact) mass is 245 g/mol. The van der Waals surface area contributed by atoms with Crippen LogP contribution in [0.5, 0.6) is 0 Å². The first-order valence-corrected chi connectivity index (χ1v) is 6.07. The van der Waals surface area contributed by atoms with Gasteiger partial charge in [0.15, 0.2) is 0 Å². The summed E-state index contributed by atoms with van der Waals surface area (Å²) < 4.78 is 5.20. The van der Waals surface area contributed by atoms with Crippen LogP contribution in [0.1, 0.15) is 33.6 Å². The first-order chi connectivity index (χ1) is 7.99. The Balaban J connectivity index is 4.10. The van der Waals surface area contributed by atoms with Gasteiger partial charge in [0, 0.05) is 32.2 Å². The van der Waals surface area contributed by atoms with Crippen molar-refractivity contribution in [3.8, 4) is 0 Å². The molecule has 0 fully saturated rings. The minimum absolute atomic E-state index is 0.00254. The van der Waals surface area contributed by atoms with Crippen molar-refractivity contribution >= 4 is 11.9 Å². The molecular formula is C12H23NO4. The van der Waals surface area contributed by atoms with Crippen LogP contribution in [0.15, 0.2) is 0 Å². The van der Waals surface area contributed by atoms with Gasteiger partial charge in [-0.2, -0.15) is 0 Å². The lowest BCUT2D eigenvalue weighted by molar-refractivity contribution is -0.139. The Hall–Kier alpha value is -1.10. The molecule has 1 N–H and O–H groups in total. The molecule has 0 aromatic heterocycles. The van der Waals surface area contributed by atoms with Crippen LogP contribution in [0.4, 0.5) is 0 Å². The van der Waals surface area contributed by atoms with E-state index in [9.17, 15) is 9.59 Å². The smallest absolute Gasteiger partial charge is 0.305 e. The van der Waals surface area contributed by atoms with E-state index in [1.807, 2.05) is 20.8 Å². The zero-order valence-electron chi connectivity index (χ0n) is 10.9. The lowest BCUT2D eigenvalue weighted by Gasteiger charge is -2.23. The number of carboxylic acids is 1.